The van der Waals surface area contributed by atoms with E-state index in [0.717, 1.165) is 11.3 Å². The number of rotatable bonds is 3. The van der Waals surface area contributed by atoms with Gasteiger partial charge >= 0.3 is 0 Å². The Morgan fingerprint density at radius 3 is 2.75 bits per heavy atom. The van der Waals surface area contributed by atoms with Crippen LogP contribution in [-0.4, -0.2) is 10.9 Å². The second kappa shape index (κ2) is 5.75. The minimum atomic E-state index is -0.139. The monoisotopic (exact) mass is 320 g/mol. The van der Waals surface area contributed by atoms with Crippen LogP contribution in [0.2, 0.25) is 5.02 Å². The van der Waals surface area contributed by atoms with Gasteiger partial charge in [-0.2, -0.15) is 0 Å². The lowest BCUT2D eigenvalue weighted by atomic mass is 10.2. The maximum atomic E-state index is 11.9. The highest BCUT2D eigenvalue weighted by Crippen LogP contribution is 2.30. The summed E-state index contributed by atoms with van der Waals surface area (Å²) in [6.07, 6.45) is 0. The number of anilines is 1. The Kier molecular flexibility index (Phi) is 3.82. The average molecular weight is 321 g/mol. The van der Waals surface area contributed by atoms with E-state index in [1.54, 1.807) is 6.07 Å². The van der Waals surface area contributed by atoms with Gasteiger partial charge in [-0.05, 0) is 17.5 Å². The number of nitrogens with zero attached hydrogens (tertiary/aromatic N) is 1. The fourth-order valence-corrected chi connectivity index (χ4v) is 3.25. The molecule has 3 nitrogen and oxygen atoms in total. The Morgan fingerprint density at radius 2 is 2.00 bits per heavy atom. The van der Waals surface area contributed by atoms with E-state index < -0.39 is 0 Å². The highest BCUT2D eigenvalue weighted by atomic mass is 35.5. The summed E-state index contributed by atoms with van der Waals surface area (Å²) in [5, 5.41) is 7.75. The molecule has 0 aliphatic heterocycles. The Bertz CT molecular complexity index is 737. The molecule has 1 amide bonds. The van der Waals surface area contributed by atoms with Crippen LogP contribution in [-0.2, 0) is 0 Å². The number of carbonyl (C=O) groups excluding carboxylic acids is 1. The molecule has 3 rings (SSSR count). The molecule has 2 heterocycles. The molecule has 0 unspecified atom stereocenters. The van der Waals surface area contributed by atoms with Crippen LogP contribution in [0, 0.1) is 0 Å². The largest absolute Gasteiger partial charge is 0.297 e. The van der Waals surface area contributed by atoms with Gasteiger partial charge in [0.15, 0.2) is 5.13 Å². The van der Waals surface area contributed by atoms with Gasteiger partial charge in [0, 0.05) is 16.0 Å². The van der Waals surface area contributed by atoms with Gasteiger partial charge in [-0.25, -0.2) is 4.98 Å². The van der Waals surface area contributed by atoms with Crippen molar-refractivity contribution in [2.75, 3.05) is 5.32 Å². The molecule has 1 N–H and O–H groups in total. The average Bonchev–Trinajstić information content (AvgIpc) is 3.10. The number of benzene rings is 1. The van der Waals surface area contributed by atoms with Crippen LogP contribution in [0.4, 0.5) is 5.13 Å². The standard InChI is InChI=1S/C14H9ClN2OS2/c15-10-5-2-1-4-9(10)11-8-20-14(16-11)17-13(18)12-6-3-7-19-12/h1-8H,(H,16,17,18). The first-order valence-corrected chi connectivity index (χ1v) is 7.93. The third kappa shape index (κ3) is 2.75. The van der Waals surface area contributed by atoms with Gasteiger partial charge in [0.25, 0.3) is 5.91 Å². The molecular weight excluding hydrogens is 312 g/mol. The molecule has 0 fully saturated rings. The van der Waals surface area contributed by atoms with Crippen LogP contribution in [0.5, 0.6) is 0 Å². The van der Waals surface area contributed by atoms with E-state index >= 15 is 0 Å². The number of hydrogen-bond acceptors (Lipinski definition) is 4. The van der Waals surface area contributed by atoms with E-state index in [1.807, 2.05) is 41.1 Å². The summed E-state index contributed by atoms with van der Waals surface area (Å²) in [7, 11) is 0. The fraction of sp³-hybridized carbons (Fsp3) is 0. The van der Waals surface area contributed by atoms with Crippen LogP contribution < -0.4 is 5.32 Å². The van der Waals surface area contributed by atoms with E-state index in [4.69, 9.17) is 11.6 Å². The van der Waals surface area contributed by atoms with E-state index in [1.165, 1.54) is 22.7 Å². The van der Waals surface area contributed by atoms with E-state index in [9.17, 15) is 4.79 Å². The van der Waals surface area contributed by atoms with Crippen molar-refractivity contribution in [3.05, 3.63) is 57.1 Å². The zero-order chi connectivity index (χ0) is 13.9. The zero-order valence-corrected chi connectivity index (χ0v) is 12.6. The smallest absolute Gasteiger partial charge is 0.267 e. The second-order valence-corrected chi connectivity index (χ2v) is 6.16. The molecule has 0 saturated heterocycles. The van der Waals surface area contributed by atoms with Crippen LogP contribution in [0.15, 0.2) is 47.2 Å². The molecule has 0 bridgehead atoms. The number of nitrogens with one attached hydrogen (secondary N) is 1. The number of halogens is 1. The summed E-state index contributed by atoms with van der Waals surface area (Å²) in [4.78, 5) is 17.0. The van der Waals surface area contributed by atoms with Crippen LogP contribution >= 0.6 is 34.3 Å². The number of hydrogen-bond donors (Lipinski definition) is 1. The van der Waals surface area contributed by atoms with Gasteiger partial charge in [0.1, 0.15) is 0 Å². The minimum absolute atomic E-state index is 0.139. The number of thiophene rings is 1. The van der Waals surface area contributed by atoms with Gasteiger partial charge in [0.2, 0.25) is 0 Å². The molecule has 0 radical (unpaired) electrons. The van der Waals surface area contributed by atoms with Crippen molar-refractivity contribution in [3.8, 4) is 11.3 Å². The van der Waals surface area contributed by atoms with Crippen molar-refractivity contribution in [3.63, 3.8) is 0 Å². The Balaban J connectivity index is 1.81. The summed E-state index contributed by atoms with van der Waals surface area (Å²) in [5.41, 5.74) is 1.63. The maximum absolute atomic E-state index is 11.9. The molecule has 6 heteroatoms. The molecular formula is C14H9ClN2OS2. The number of amides is 1. The van der Waals surface area contributed by atoms with Crippen molar-refractivity contribution in [1.82, 2.24) is 4.98 Å². The predicted octanol–water partition coefficient (Wildman–Crippen LogP) is 4.78. The normalized spacial score (nSPS) is 10.4. The Labute approximate surface area is 128 Å². The molecule has 0 aliphatic carbocycles. The predicted molar refractivity (Wildman–Crippen MR) is 84.8 cm³/mol. The minimum Gasteiger partial charge on any atom is -0.297 e. The summed E-state index contributed by atoms with van der Waals surface area (Å²) < 4.78 is 0. The highest BCUT2D eigenvalue weighted by molar-refractivity contribution is 7.14. The molecule has 1 aromatic carbocycles. The van der Waals surface area contributed by atoms with Crippen LogP contribution in [0.3, 0.4) is 0 Å². The summed E-state index contributed by atoms with van der Waals surface area (Å²) >= 11 is 8.92. The Hall–Kier alpha value is -1.69. The van der Waals surface area contributed by atoms with E-state index in [2.05, 4.69) is 10.3 Å². The molecule has 0 spiro atoms. The lowest BCUT2D eigenvalue weighted by Gasteiger charge is -2.00. The van der Waals surface area contributed by atoms with Gasteiger partial charge in [-0.1, -0.05) is 35.9 Å². The molecule has 3 aromatic rings. The quantitative estimate of drug-likeness (QED) is 0.754. The van der Waals surface area contributed by atoms with Crippen molar-refractivity contribution in [2.24, 2.45) is 0 Å². The molecule has 0 saturated carbocycles. The first kappa shape index (κ1) is 13.3. The molecule has 100 valence electrons. The molecule has 2 aromatic heterocycles. The van der Waals surface area contributed by atoms with Crippen molar-refractivity contribution < 1.29 is 4.79 Å². The number of thiazole rings is 1. The van der Waals surface area contributed by atoms with Gasteiger partial charge in [0.05, 0.1) is 10.6 Å². The lowest BCUT2D eigenvalue weighted by Crippen LogP contribution is -2.09. The summed E-state index contributed by atoms with van der Waals surface area (Å²) in [6, 6.07) is 11.1. The first-order valence-electron chi connectivity index (χ1n) is 5.79. The summed E-state index contributed by atoms with van der Waals surface area (Å²) in [5.74, 6) is -0.139. The maximum Gasteiger partial charge on any atom is 0.267 e. The number of aromatic nitrogens is 1. The van der Waals surface area contributed by atoms with Gasteiger partial charge < -0.3 is 0 Å². The van der Waals surface area contributed by atoms with Crippen molar-refractivity contribution in [1.29, 1.82) is 0 Å². The first-order chi connectivity index (χ1) is 9.74. The highest BCUT2D eigenvalue weighted by Gasteiger charge is 2.11. The summed E-state index contributed by atoms with van der Waals surface area (Å²) in [6.45, 7) is 0. The SMILES string of the molecule is O=C(Nc1nc(-c2ccccc2Cl)cs1)c1cccs1. The van der Waals surface area contributed by atoms with Crippen LogP contribution in [0.25, 0.3) is 11.3 Å². The third-order valence-corrected chi connectivity index (χ3v) is 4.58. The molecule has 0 aliphatic rings. The zero-order valence-electron chi connectivity index (χ0n) is 10.2. The van der Waals surface area contributed by atoms with Crippen molar-refractivity contribution in [2.45, 2.75) is 0 Å². The number of carbonyl (C=O) groups is 1. The Morgan fingerprint density at radius 1 is 1.15 bits per heavy atom. The second-order valence-electron chi connectivity index (χ2n) is 3.95. The molecule has 0 atom stereocenters. The van der Waals surface area contributed by atoms with Gasteiger partial charge in [-0.3, -0.25) is 10.1 Å². The van der Waals surface area contributed by atoms with Crippen LogP contribution in [0.1, 0.15) is 9.67 Å². The van der Waals surface area contributed by atoms with Crippen molar-refractivity contribution >= 4 is 45.3 Å². The third-order valence-electron chi connectivity index (χ3n) is 2.62. The van der Waals surface area contributed by atoms with E-state index in [-0.39, 0.29) is 5.91 Å². The lowest BCUT2D eigenvalue weighted by molar-refractivity contribution is 0.103. The van der Waals surface area contributed by atoms with Gasteiger partial charge in [-0.15, -0.1) is 22.7 Å². The fourth-order valence-electron chi connectivity index (χ4n) is 1.69. The topological polar surface area (TPSA) is 42.0 Å². The van der Waals surface area contributed by atoms with E-state index in [0.29, 0.717) is 15.0 Å². The molecule has 20 heavy (non-hydrogen) atoms.